The predicted octanol–water partition coefficient (Wildman–Crippen LogP) is 3.26. The van der Waals surface area contributed by atoms with E-state index in [1.807, 2.05) is 31.2 Å². The molecule has 3 aromatic rings. The van der Waals surface area contributed by atoms with Gasteiger partial charge in [-0.2, -0.15) is 4.80 Å². The van der Waals surface area contributed by atoms with Crippen molar-refractivity contribution in [3.8, 4) is 11.4 Å². The molecule has 0 saturated carbocycles. The molecule has 2 aromatic heterocycles. The van der Waals surface area contributed by atoms with E-state index in [4.69, 9.17) is 20.8 Å². The molecule has 2 heterocycles. The summed E-state index contributed by atoms with van der Waals surface area (Å²) in [6, 6.07) is 10.3. The summed E-state index contributed by atoms with van der Waals surface area (Å²) in [6.45, 7) is 3.36. The summed E-state index contributed by atoms with van der Waals surface area (Å²) in [5.41, 5.74) is 0.791. The van der Waals surface area contributed by atoms with Crippen LogP contribution in [0.25, 0.3) is 11.4 Å². The van der Waals surface area contributed by atoms with Crippen molar-refractivity contribution in [1.29, 1.82) is 0 Å². The Morgan fingerprint density at radius 1 is 1.32 bits per heavy atom. The SMILES string of the molecule is CCC(C(=O)NCCCOCc1ccco1)n1nnc(-c2ccc(Cl)cc2)n1. The van der Waals surface area contributed by atoms with Crippen molar-refractivity contribution in [2.24, 2.45) is 0 Å². The monoisotopic (exact) mass is 403 g/mol. The maximum absolute atomic E-state index is 12.5. The third-order valence-corrected chi connectivity index (χ3v) is 4.34. The average molecular weight is 404 g/mol. The van der Waals surface area contributed by atoms with Gasteiger partial charge in [-0.25, -0.2) is 0 Å². The van der Waals surface area contributed by atoms with Gasteiger partial charge in [0.2, 0.25) is 11.7 Å². The fraction of sp³-hybridized carbons (Fsp3) is 0.368. The largest absolute Gasteiger partial charge is 0.467 e. The summed E-state index contributed by atoms with van der Waals surface area (Å²) in [7, 11) is 0. The van der Waals surface area contributed by atoms with Gasteiger partial charge in [-0.3, -0.25) is 4.79 Å². The summed E-state index contributed by atoms with van der Waals surface area (Å²) < 4.78 is 10.7. The minimum absolute atomic E-state index is 0.145. The zero-order chi connectivity index (χ0) is 19.8. The number of hydrogen-bond acceptors (Lipinski definition) is 6. The molecular weight excluding hydrogens is 382 g/mol. The number of rotatable bonds is 10. The fourth-order valence-electron chi connectivity index (χ4n) is 2.60. The number of nitrogens with zero attached hydrogens (tertiary/aromatic N) is 4. The quantitative estimate of drug-likeness (QED) is 0.522. The predicted molar refractivity (Wildman–Crippen MR) is 104 cm³/mol. The third-order valence-electron chi connectivity index (χ3n) is 4.09. The van der Waals surface area contributed by atoms with Crippen LogP contribution < -0.4 is 5.32 Å². The van der Waals surface area contributed by atoms with Gasteiger partial charge in [0.1, 0.15) is 12.4 Å². The summed E-state index contributed by atoms with van der Waals surface area (Å²) in [6.07, 6.45) is 2.86. The smallest absolute Gasteiger partial charge is 0.246 e. The number of amides is 1. The van der Waals surface area contributed by atoms with Crippen molar-refractivity contribution in [2.45, 2.75) is 32.4 Å². The van der Waals surface area contributed by atoms with Crippen LogP contribution in [0.5, 0.6) is 0 Å². The topological polar surface area (TPSA) is 95.1 Å². The Bertz CT molecular complexity index is 864. The van der Waals surface area contributed by atoms with Crippen LogP contribution in [0.4, 0.5) is 0 Å². The maximum atomic E-state index is 12.5. The number of aromatic nitrogens is 4. The van der Waals surface area contributed by atoms with E-state index in [-0.39, 0.29) is 5.91 Å². The number of carbonyl (C=O) groups is 1. The van der Waals surface area contributed by atoms with Crippen LogP contribution in [-0.2, 0) is 16.1 Å². The maximum Gasteiger partial charge on any atom is 0.246 e. The number of furan rings is 1. The van der Waals surface area contributed by atoms with E-state index in [9.17, 15) is 4.79 Å². The molecule has 0 bridgehead atoms. The highest BCUT2D eigenvalue weighted by Gasteiger charge is 2.21. The number of halogens is 1. The zero-order valence-electron chi connectivity index (χ0n) is 15.5. The summed E-state index contributed by atoms with van der Waals surface area (Å²) in [5, 5.41) is 16.0. The Labute approximate surface area is 167 Å². The van der Waals surface area contributed by atoms with E-state index in [1.54, 1.807) is 18.4 Å². The Kier molecular flexibility index (Phi) is 7.16. The first kappa shape index (κ1) is 20.0. The third kappa shape index (κ3) is 5.40. The van der Waals surface area contributed by atoms with E-state index in [0.717, 1.165) is 11.3 Å². The van der Waals surface area contributed by atoms with Gasteiger partial charge in [0, 0.05) is 23.7 Å². The molecule has 8 nitrogen and oxygen atoms in total. The number of carbonyl (C=O) groups excluding carboxylic acids is 1. The molecule has 0 radical (unpaired) electrons. The van der Waals surface area contributed by atoms with E-state index in [1.165, 1.54) is 4.80 Å². The van der Waals surface area contributed by atoms with E-state index in [0.29, 0.717) is 43.4 Å². The van der Waals surface area contributed by atoms with Gasteiger partial charge in [0.15, 0.2) is 6.04 Å². The summed E-state index contributed by atoms with van der Waals surface area (Å²) in [5.74, 6) is 1.09. The molecular formula is C19H22ClN5O3. The lowest BCUT2D eigenvalue weighted by Crippen LogP contribution is -2.34. The van der Waals surface area contributed by atoms with E-state index >= 15 is 0 Å². The number of hydrogen-bond donors (Lipinski definition) is 1. The lowest BCUT2D eigenvalue weighted by molar-refractivity contribution is -0.125. The zero-order valence-corrected chi connectivity index (χ0v) is 16.3. The Morgan fingerprint density at radius 3 is 2.86 bits per heavy atom. The molecule has 0 aliphatic carbocycles. The van der Waals surface area contributed by atoms with Crippen molar-refractivity contribution in [3.05, 3.63) is 53.4 Å². The van der Waals surface area contributed by atoms with Crippen molar-refractivity contribution in [1.82, 2.24) is 25.5 Å². The van der Waals surface area contributed by atoms with Crippen LogP contribution in [-0.4, -0.2) is 39.3 Å². The second-order valence-electron chi connectivity index (χ2n) is 6.14. The van der Waals surface area contributed by atoms with Crippen molar-refractivity contribution in [3.63, 3.8) is 0 Å². The molecule has 0 aliphatic heterocycles. The lowest BCUT2D eigenvalue weighted by atomic mass is 10.2. The highest BCUT2D eigenvalue weighted by Crippen LogP contribution is 2.18. The van der Waals surface area contributed by atoms with Crippen LogP contribution in [0.2, 0.25) is 5.02 Å². The van der Waals surface area contributed by atoms with E-state index in [2.05, 4.69) is 20.7 Å². The highest BCUT2D eigenvalue weighted by molar-refractivity contribution is 6.30. The van der Waals surface area contributed by atoms with Crippen molar-refractivity contribution < 1.29 is 13.9 Å². The Morgan fingerprint density at radius 2 is 2.14 bits per heavy atom. The van der Waals surface area contributed by atoms with Crippen LogP contribution in [0.1, 0.15) is 31.6 Å². The van der Waals surface area contributed by atoms with Gasteiger partial charge >= 0.3 is 0 Å². The molecule has 0 saturated heterocycles. The molecule has 1 aromatic carbocycles. The van der Waals surface area contributed by atoms with E-state index < -0.39 is 6.04 Å². The van der Waals surface area contributed by atoms with Crippen LogP contribution in [0.15, 0.2) is 47.1 Å². The summed E-state index contributed by atoms with van der Waals surface area (Å²) >= 11 is 5.90. The molecule has 148 valence electrons. The standard InChI is InChI=1S/C19H22ClN5O3/c1-2-17(19(26)21-10-4-11-27-13-16-5-3-12-28-16)25-23-18(22-24-25)14-6-8-15(20)9-7-14/h3,5-9,12,17H,2,4,10-11,13H2,1H3,(H,21,26). The molecule has 0 spiro atoms. The van der Waals surface area contributed by atoms with Crippen LogP contribution in [0, 0.1) is 0 Å². The number of ether oxygens (including phenoxy) is 1. The molecule has 9 heteroatoms. The average Bonchev–Trinajstić information content (AvgIpc) is 3.38. The van der Waals surface area contributed by atoms with Crippen LogP contribution >= 0.6 is 11.6 Å². The molecule has 0 aliphatic rings. The van der Waals surface area contributed by atoms with Crippen molar-refractivity contribution >= 4 is 17.5 Å². The first-order valence-corrected chi connectivity index (χ1v) is 9.48. The number of benzene rings is 1. The first-order chi connectivity index (χ1) is 13.7. The fourth-order valence-corrected chi connectivity index (χ4v) is 2.72. The Hall–Kier alpha value is -2.71. The van der Waals surface area contributed by atoms with Crippen molar-refractivity contribution in [2.75, 3.05) is 13.2 Å². The van der Waals surface area contributed by atoms with Gasteiger partial charge in [0.25, 0.3) is 0 Å². The minimum atomic E-state index is -0.516. The van der Waals surface area contributed by atoms with Gasteiger partial charge in [-0.15, -0.1) is 10.2 Å². The summed E-state index contributed by atoms with van der Waals surface area (Å²) in [4.78, 5) is 13.8. The number of nitrogens with one attached hydrogen (secondary N) is 1. The first-order valence-electron chi connectivity index (χ1n) is 9.10. The van der Waals surface area contributed by atoms with Gasteiger partial charge in [0.05, 0.1) is 6.26 Å². The molecule has 3 rings (SSSR count). The highest BCUT2D eigenvalue weighted by atomic mass is 35.5. The normalized spacial score (nSPS) is 12.1. The molecule has 28 heavy (non-hydrogen) atoms. The molecule has 1 N–H and O–H groups in total. The molecule has 0 fully saturated rings. The molecule has 1 unspecified atom stereocenters. The van der Waals surface area contributed by atoms with Gasteiger partial charge < -0.3 is 14.5 Å². The number of tetrazole rings is 1. The van der Waals surface area contributed by atoms with Gasteiger partial charge in [-0.1, -0.05) is 18.5 Å². The van der Waals surface area contributed by atoms with Crippen LogP contribution in [0.3, 0.4) is 0 Å². The second kappa shape index (κ2) is 10.0. The van der Waals surface area contributed by atoms with Gasteiger partial charge in [-0.05, 0) is 54.5 Å². The minimum Gasteiger partial charge on any atom is -0.467 e. The lowest BCUT2D eigenvalue weighted by Gasteiger charge is -2.13. The molecule has 1 amide bonds. The second-order valence-corrected chi connectivity index (χ2v) is 6.58. The Balaban J connectivity index is 1.46. The molecule has 1 atom stereocenters.